The molecule has 2 rings (SSSR count). The van der Waals surface area contributed by atoms with Gasteiger partial charge < -0.3 is 10.2 Å². The van der Waals surface area contributed by atoms with E-state index in [0.29, 0.717) is 6.04 Å². The van der Waals surface area contributed by atoms with Crippen LogP contribution in [0.1, 0.15) is 64.7 Å². The number of piperidine rings is 1. The zero-order chi connectivity index (χ0) is 12.8. The molecule has 2 aliphatic rings. The Bertz CT molecular complexity index is 261. The van der Waals surface area contributed by atoms with Crippen molar-refractivity contribution in [3.05, 3.63) is 0 Å². The van der Waals surface area contributed by atoms with Gasteiger partial charge in [0.2, 0.25) is 0 Å². The summed E-state index contributed by atoms with van der Waals surface area (Å²) in [6, 6.07) is 0.585. The predicted molar refractivity (Wildman–Crippen MR) is 74.6 cm³/mol. The van der Waals surface area contributed by atoms with Gasteiger partial charge in [-0.1, -0.05) is 25.7 Å². The summed E-state index contributed by atoms with van der Waals surface area (Å²) in [4.78, 5) is 14.0. The molecular weight excluding hydrogens is 224 g/mol. The van der Waals surface area contributed by atoms with E-state index in [2.05, 4.69) is 12.2 Å². The van der Waals surface area contributed by atoms with Gasteiger partial charge in [0.25, 0.3) is 0 Å². The minimum absolute atomic E-state index is 0.161. The van der Waals surface area contributed by atoms with Crippen LogP contribution in [0.5, 0.6) is 0 Å². The molecule has 0 radical (unpaired) electrons. The van der Waals surface area contributed by atoms with Gasteiger partial charge in [-0.3, -0.25) is 0 Å². The lowest BCUT2D eigenvalue weighted by Crippen LogP contribution is -2.47. The fraction of sp³-hybridized carbons (Fsp3) is 0.933. The summed E-state index contributed by atoms with van der Waals surface area (Å²) >= 11 is 0. The van der Waals surface area contributed by atoms with E-state index in [1.807, 2.05) is 4.90 Å². The molecule has 1 heterocycles. The standard InChI is InChI=1S/C15H28N2O/c1-13-7-4-5-12-17(13)15(18)16-11-6-10-14-8-2-3-9-14/h13-14H,2-12H2,1H3,(H,16,18). The van der Waals surface area contributed by atoms with Gasteiger partial charge in [0, 0.05) is 19.1 Å². The fourth-order valence-electron chi connectivity index (χ4n) is 3.39. The minimum atomic E-state index is 0.161. The number of carbonyl (C=O) groups is 1. The molecule has 1 atom stereocenters. The first-order chi connectivity index (χ1) is 8.77. The quantitative estimate of drug-likeness (QED) is 0.763. The van der Waals surface area contributed by atoms with Crippen molar-refractivity contribution in [1.82, 2.24) is 10.2 Å². The Morgan fingerprint density at radius 3 is 2.61 bits per heavy atom. The second-order valence-electron chi connectivity index (χ2n) is 6.06. The first kappa shape index (κ1) is 13.7. The van der Waals surface area contributed by atoms with E-state index in [4.69, 9.17) is 0 Å². The third-order valence-electron chi connectivity index (χ3n) is 4.60. The third kappa shape index (κ3) is 3.89. The van der Waals surface area contributed by atoms with Gasteiger partial charge in [-0.05, 0) is 44.9 Å². The van der Waals surface area contributed by atoms with Gasteiger partial charge in [-0.25, -0.2) is 4.79 Å². The van der Waals surface area contributed by atoms with Crippen LogP contribution in [0.25, 0.3) is 0 Å². The van der Waals surface area contributed by atoms with Gasteiger partial charge in [0.1, 0.15) is 0 Å². The predicted octanol–water partition coefficient (Wildman–Crippen LogP) is 3.54. The fourth-order valence-corrected chi connectivity index (χ4v) is 3.39. The molecule has 0 aromatic carbocycles. The Labute approximate surface area is 111 Å². The van der Waals surface area contributed by atoms with Gasteiger partial charge in [-0.2, -0.15) is 0 Å². The average Bonchev–Trinajstić information content (AvgIpc) is 2.88. The molecule has 1 saturated carbocycles. The van der Waals surface area contributed by atoms with E-state index in [1.165, 1.54) is 44.9 Å². The SMILES string of the molecule is CC1CCCCN1C(=O)NCCCC1CCCC1. The molecule has 0 spiro atoms. The molecule has 1 aliphatic heterocycles. The highest BCUT2D eigenvalue weighted by Gasteiger charge is 2.22. The lowest BCUT2D eigenvalue weighted by atomic mass is 10.0. The van der Waals surface area contributed by atoms with Crippen LogP contribution >= 0.6 is 0 Å². The van der Waals surface area contributed by atoms with Gasteiger partial charge in [0.15, 0.2) is 0 Å². The maximum atomic E-state index is 12.0. The molecule has 3 heteroatoms. The number of carbonyl (C=O) groups excluding carboxylic acids is 1. The molecule has 104 valence electrons. The lowest BCUT2D eigenvalue weighted by Gasteiger charge is -2.33. The Morgan fingerprint density at radius 2 is 1.89 bits per heavy atom. The summed E-state index contributed by atoms with van der Waals surface area (Å²) in [6.07, 6.45) is 11.7. The normalized spacial score (nSPS) is 25.4. The summed E-state index contributed by atoms with van der Waals surface area (Å²) < 4.78 is 0. The Kier molecular flexibility index (Phi) is 5.33. The number of nitrogens with zero attached hydrogens (tertiary/aromatic N) is 1. The number of likely N-dealkylation sites (tertiary alicyclic amines) is 1. The molecule has 2 amide bonds. The van der Waals surface area contributed by atoms with Crippen LogP contribution in [0.15, 0.2) is 0 Å². The van der Waals surface area contributed by atoms with Crippen molar-refractivity contribution in [3.63, 3.8) is 0 Å². The highest BCUT2D eigenvalue weighted by atomic mass is 16.2. The average molecular weight is 252 g/mol. The van der Waals surface area contributed by atoms with E-state index in [-0.39, 0.29) is 6.03 Å². The number of rotatable bonds is 4. The Balaban J connectivity index is 1.58. The first-order valence-electron chi connectivity index (χ1n) is 7.82. The summed E-state index contributed by atoms with van der Waals surface area (Å²) in [5.41, 5.74) is 0. The van der Waals surface area contributed by atoms with E-state index < -0.39 is 0 Å². The molecule has 0 aromatic rings. The molecule has 1 N–H and O–H groups in total. The second-order valence-corrected chi connectivity index (χ2v) is 6.06. The molecule has 18 heavy (non-hydrogen) atoms. The summed E-state index contributed by atoms with van der Waals surface area (Å²) in [5.74, 6) is 0.941. The maximum absolute atomic E-state index is 12.0. The van der Waals surface area contributed by atoms with E-state index in [0.717, 1.165) is 31.8 Å². The number of hydrogen-bond donors (Lipinski definition) is 1. The van der Waals surface area contributed by atoms with Crippen molar-refractivity contribution in [3.8, 4) is 0 Å². The lowest BCUT2D eigenvalue weighted by molar-refractivity contribution is 0.158. The summed E-state index contributed by atoms with van der Waals surface area (Å²) in [5, 5.41) is 3.09. The zero-order valence-electron chi connectivity index (χ0n) is 11.8. The zero-order valence-corrected chi connectivity index (χ0v) is 11.8. The van der Waals surface area contributed by atoms with Crippen LogP contribution < -0.4 is 5.32 Å². The molecule has 1 aliphatic carbocycles. The van der Waals surface area contributed by atoms with Gasteiger partial charge in [0.05, 0.1) is 0 Å². The highest BCUT2D eigenvalue weighted by molar-refractivity contribution is 5.74. The van der Waals surface area contributed by atoms with Gasteiger partial charge >= 0.3 is 6.03 Å². The van der Waals surface area contributed by atoms with Crippen LogP contribution in [-0.2, 0) is 0 Å². The monoisotopic (exact) mass is 252 g/mol. The van der Waals surface area contributed by atoms with Crippen molar-refractivity contribution < 1.29 is 4.79 Å². The van der Waals surface area contributed by atoms with Crippen molar-refractivity contribution >= 4 is 6.03 Å². The number of urea groups is 1. The highest BCUT2D eigenvalue weighted by Crippen LogP contribution is 2.28. The van der Waals surface area contributed by atoms with Crippen LogP contribution in [0, 0.1) is 5.92 Å². The molecule has 1 unspecified atom stereocenters. The van der Waals surface area contributed by atoms with Crippen LogP contribution in [0.3, 0.4) is 0 Å². The van der Waals surface area contributed by atoms with Crippen LogP contribution in [0.2, 0.25) is 0 Å². The van der Waals surface area contributed by atoms with Crippen molar-refractivity contribution in [2.75, 3.05) is 13.1 Å². The molecular formula is C15H28N2O. The Morgan fingerprint density at radius 1 is 1.17 bits per heavy atom. The first-order valence-corrected chi connectivity index (χ1v) is 7.82. The topological polar surface area (TPSA) is 32.3 Å². The van der Waals surface area contributed by atoms with Crippen LogP contribution in [-0.4, -0.2) is 30.1 Å². The molecule has 0 aromatic heterocycles. The Hall–Kier alpha value is -0.730. The molecule has 3 nitrogen and oxygen atoms in total. The minimum Gasteiger partial charge on any atom is -0.338 e. The number of nitrogens with one attached hydrogen (secondary N) is 1. The second kappa shape index (κ2) is 7.01. The van der Waals surface area contributed by atoms with E-state index in [9.17, 15) is 4.79 Å². The number of amides is 2. The largest absolute Gasteiger partial charge is 0.338 e. The summed E-state index contributed by atoms with van der Waals surface area (Å²) in [6.45, 7) is 3.96. The third-order valence-corrected chi connectivity index (χ3v) is 4.60. The molecule has 0 bridgehead atoms. The van der Waals surface area contributed by atoms with Crippen molar-refractivity contribution in [2.24, 2.45) is 5.92 Å². The molecule has 1 saturated heterocycles. The van der Waals surface area contributed by atoms with E-state index >= 15 is 0 Å². The van der Waals surface area contributed by atoms with Gasteiger partial charge in [-0.15, -0.1) is 0 Å². The van der Waals surface area contributed by atoms with Crippen LogP contribution in [0.4, 0.5) is 4.79 Å². The maximum Gasteiger partial charge on any atom is 0.317 e. The molecule has 2 fully saturated rings. The van der Waals surface area contributed by atoms with Crippen molar-refractivity contribution in [1.29, 1.82) is 0 Å². The smallest absolute Gasteiger partial charge is 0.317 e. The van der Waals surface area contributed by atoms with Crippen molar-refractivity contribution in [2.45, 2.75) is 70.8 Å². The number of hydrogen-bond acceptors (Lipinski definition) is 1. The van der Waals surface area contributed by atoms with E-state index in [1.54, 1.807) is 0 Å². The summed E-state index contributed by atoms with van der Waals surface area (Å²) in [7, 11) is 0.